The fourth-order valence-electron chi connectivity index (χ4n) is 1.64. The second kappa shape index (κ2) is 4.82. The maximum atomic E-state index is 10.5. The summed E-state index contributed by atoms with van der Waals surface area (Å²) in [5.74, 6) is 0.773. The molecule has 1 aliphatic heterocycles. The molecule has 1 fully saturated rings. The quantitative estimate of drug-likeness (QED) is 0.592. The first kappa shape index (κ1) is 9.99. The fourth-order valence-corrected chi connectivity index (χ4v) is 1.83. The van der Waals surface area contributed by atoms with Gasteiger partial charge in [-0.2, -0.15) is 0 Å². The van der Waals surface area contributed by atoms with E-state index in [0.717, 1.165) is 18.9 Å². The van der Waals surface area contributed by atoms with Crippen molar-refractivity contribution in [3.05, 3.63) is 0 Å². The Hall–Kier alpha value is -0.0900. The molecule has 0 aliphatic carbocycles. The Bertz CT molecular complexity index is 163. The zero-order chi connectivity index (χ0) is 8.97. The molecule has 0 aromatic rings. The van der Waals surface area contributed by atoms with Gasteiger partial charge in [0, 0.05) is 29.0 Å². The summed E-state index contributed by atoms with van der Waals surface area (Å²) in [5.41, 5.74) is 0. The normalized spacial score (nSPS) is 24.3. The van der Waals surface area contributed by atoms with Gasteiger partial charge in [0.25, 0.3) is 4.82 Å². The predicted octanol–water partition coefficient (Wildman–Crippen LogP) is 1.43. The molecule has 3 nitrogen and oxygen atoms in total. The van der Waals surface area contributed by atoms with Crippen molar-refractivity contribution in [3.63, 3.8) is 0 Å². The van der Waals surface area contributed by atoms with Crippen molar-refractivity contribution < 1.29 is 4.79 Å². The Morgan fingerprint density at radius 3 is 3.00 bits per heavy atom. The maximum absolute atomic E-state index is 10.5. The minimum absolute atomic E-state index is 0.103. The summed E-state index contributed by atoms with van der Waals surface area (Å²) >= 11 is 2.84. The highest BCUT2D eigenvalue weighted by Crippen LogP contribution is 2.16. The maximum Gasteiger partial charge on any atom is 0.287 e. The number of nitrogens with one attached hydrogen (secondary N) is 1. The lowest BCUT2D eigenvalue weighted by molar-refractivity contribution is 0.261. The molecule has 1 amide bonds. The number of hydrogen-bond donors (Lipinski definition) is 1. The van der Waals surface area contributed by atoms with E-state index in [1.54, 1.807) is 0 Å². The van der Waals surface area contributed by atoms with Gasteiger partial charge in [-0.05, 0) is 32.4 Å². The summed E-state index contributed by atoms with van der Waals surface area (Å²) in [4.78, 5) is 12.7. The fraction of sp³-hybridized carbons (Fsp3) is 0.875. The van der Waals surface area contributed by atoms with Gasteiger partial charge in [0.05, 0.1) is 0 Å². The van der Waals surface area contributed by atoms with Gasteiger partial charge < -0.3 is 10.2 Å². The standard InChI is InChI=1S/C8H15BrN2O/c1-11-5-3-7(6-11)2-4-10-8(9)12/h7H,2-6H2,1H3,(H,10,12). The highest BCUT2D eigenvalue weighted by Gasteiger charge is 2.18. The van der Waals surface area contributed by atoms with E-state index < -0.39 is 0 Å². The van der Waals surface area contributed by atoms with Gasteiger partial charge >= 0.3 is 0 Å². The Kier molecular flexibility index (Phi) is 4.01. The number of carbonyl (C=O) groups excluding carboxylic acids is 1. The molecule has 1 saturated heterocycles. The first-order valence-electron chi connectivity index (χ1n) is 4.30. The van der Waals surface area contributed by atoms with E-state index >= 15 is 0 Å². The molecule has 0 aromatic carbocycles. The topological polar surface area (TPSA) is 32.3 Å². The summed E-state index contributed by atoms with van der Waals surface area (Å²) in [6, 6.07) is 0. The molecule has 0 aromatic heterocycles. The molecule has 0 saturated carbocycles. The van der Waals surface area contributed by atoms with Crippen LogP contribution in [0.2, 0.25) is 0 Å². The van der Waals surface area contributed by atoms with E-state index in [0.29, 0.717) is 0 Å². The van der Waals surface area contributed by atoms with Crippen LogP contribution in [0.5, 0.6) is 0 Å². The molecule has 70 valence electrons. The SMILES string of the molecule is CN1CCC(CCNC(=O)Br)C1. The van der Waals surface area contributed by atoms with Crippen LogP contribution in [0.25, 0.3) is 0 Å². The molecule has 4 heteroatoms. The number of halogens is 1. The van der Waals surface area contributed by atoms with Crippen molar-refractivity contribution in [1.82, 2.24) is 10.2 Å². The molecule has 0 bridgehead atoms. The third kappa shape index (κ3) is 3.54. The van der Waals surface area contributed by atoms with E-state index in [1.807, 2.05) is 0 Å². The lowest BCUT2D eigenvalue weighted by atomic mass is 10.1. The lowest BCUT2D eigenvalue weighted by Gasteiger charge is -2.09. The molecule has 1 atom stereocenters. The van der Waals surface area contributed by atoms with Gasteiger partial charge in [-0.1, -0.05) is 0 Å². The molecular formula is C8H15BrN2O. The van der Waals surface area contributed by atoms with Gasteiger partial charge in [0.1, 0.15) is 0 Å². The smallest absolute Gasteiger partial charge is 0.287 e. The van der Waals surface area contributed by atoms with Gasteiger partial charge in [0.15, 0.2) is 0 Å². The first-order chi connectivity index (χ1) is 5.68. The van der Waals surface area contributed by atoms with Crippen LogP contribution in [0.15, 0.2) is 0 Å². The van der Waals surface area contributed by atoms with Crippen LogP contribution in [-0.2, 0) is 0 Å². The zero-order valence-electron chi connectivity index (χ0n) is 7.35. The molecule has 1 aliphatic rings. The number of likely N-dealkylation sites (tertiary alicyclic amines) is 1. The van der Waals surface area contributed by atoms with E-state index in [9.17, 15) is 4.79 Å². The Morgan fingerprint density at radius 1 is 1.75 bits per heavy atom. The molecule has 1 heterocycles. The molecular weight excluding hydrogens is 220 g/mol. The highest BCUT2D eigenvalue weighted by atomic mass is 79.9. The minimum atomic E-state index is -0.103. The largest absolute Gasteiger partial charge is 0.347 e. The van der Waals surface area contributed by atoms with E-state index in [2.05, 4.69) is 33.2 Å². The van der Waals surface area contributed by atoms with Crippen LogP contribution < -0.4 is 5.32 Å². The third-order valence-electron chi connectivity index (χ3n) is 2.31. The van der Waals surface area contributed by atoms with E-state index in [4.69, 9.17) is 0 Å². The lowest BCUT2D eigenvalue weighted by Crippen LogP contribution is -2.21. The highest BCUT2D eigenvalue weighted by molar-refractivity contribution is 9.18. The van der Waals surface area contributed by atoms with Crippen molar-refractivity contribution in [3.8, 4) is 0 Å². The first-order valence-corrected chi connectivity index (χ1v) is 5.09. The monoisotopic (exact) mass is 234 g/mol. The summed E-state index contributed by atoms with van der Waals surface area (Å²) in [5, 5.41) is 2.75. The van der Waals surface area contributed by atoms with Crippen LogP contribution in [0.4, 0.5) is 4.79 Å². The van der Waals surface area contributed by atoms with Gasteiger partial charge in [0.2, 0.25) is 0 Å². The Labute approximate surface area is 81.6 Å². The Balaban J connectivity index is 2.04. The van der Waals surface area contributed by atoms with Crippen LogP contribution >= 0.6 is 15.9 Å². The molecule has 0 radical (unpaired) electrons. The van der Waals surface area contributed by atoms with Crippen LogP contribution in [0.1, 0.15) is 12.8 Å². The summed E-state index contributed by atoms with van der Waals surface area (Å²) in [6.45, 7) is 3.17. The third-order valence-corrected chi connectivity index (χ3v) is 2.59. The molecule has 1 N–H and O–H groups in total. The average Bonchev–Trinajstić information content (AvgIpc) is 2.35. The average molecular weight is 235 g/mol. The van der Waals surface area contributed by atoms with Crippen molar-refractivity contribution in [1.29, 1.82) is 0 Å². The van der Waals surface area contributed by atoms with Gasteiger partial charge in [-0.15, -0.1) is 0 Å². The second-order valence-corrected chi connectivity index (χ2v) is 4.13. The number of hydrogen-bond acceptors (Lipinski definition) is 2. The van der Waals surface area contributed by atoms with Gasteiger partial charge in [-0.25, -0.2) is 0 Å². The van der Waals surface area contributed by atoms with Crippen molar-refractivity contribution in [2.24, 2.45) is 5.92 Å². The van der Waals surface area contributed by atoms with Crippen molar-refractivity contribution >= 4 is 20.7 Å². The molecule has 1 unspecified atom stereocenters. The Morgan fingerprint density at radius 2 is 2.50 bits per heavy atom. The molecule has 0 spiro atoms. The van der Waals surface area contributed by atoms with Gasteiger partial charge in [-0.3, -0.25) is 4.79 Å². The zero-order valence-corrected chi connectivity index (χ0v) is 8.93. The molecule has 12 heavy (non-hydrogen) atoms. The van der Waals surface area contributed by atoms with Crippen LogP contribution in [-0.4, -0.2) is 36.4 Å². The molecule has 1 rings (SSSR count). The number of rotatable bonds is 3. The van der Waals surface area contributed by atoms with Crippen molar-refractivity contribution in [2.45, 2.75) is 12.8 Å². The van der Waals surface area contributed by atoms with E-state index in [-0.39, 0.29) is 4.82 Å². The predicted molar refractivity (Wildman–Crippen MR) is 52.5 cm³/mol. The number of nitrogens with zero attached hydrogens (tertiary/aromatic N) is 1. The second-order valence-electron chi connectivity index (χ2n) is 3.41. The number of amides is 1. The number of carbonyl (C=O) groups is 1. The minimum Gasteiger partial charge on any atom is -0.347 e. The van der Waals surface area contributed by atoms with E-state index in [1.165, 1.54) is 19.5 Å². The summed E-state index contributed by atoms with van der Waals surface area (Å²) in [7, 11) is 2.14. The van der Waals surface area contributed by atoms with Crippen LogP contribution in [0, 0.1) is 5.92 Å². The van der Waals surface area contributed by atoms with Crippen LogP contribution in [0.3, 0.4) is 0 Å². The summed E-state index contributed by atoms with van der Waals surface area (Å²) < 4.78 is 0. The van der Waals surface area contributed by atoms with Crippen molar-refractivity contribution in [2.75, 3.05) is 26.7 Å². The summed E-state index contributed by atoms with van der Waals surface area (Å²) in [6.07, 6.45) is 2.37.